The average molecular weight is 261 g/mol. The highest BCUT2D eigenvalue weighted by molar-refractivity contribution is 5.97. The van der Waals surface area contributed by atoms with Crippen molar-refractivity contribution >= 4 is 23.2 Å². The lowest BCUT2D eigenvalue weighted by atomic mass is 10.1. The highest BCUT2D eigenvalue weighted by Crippen LogP contribution is 2.27. The van der Waals surface area contributed by atoms with Crippen LogP contribution in [0.25, 0.3) is 0 Å². The standard InChI is InChI=1S/C14H19N3O2/c1-9-8-11(16-14(19)10(2)15)5-6-12(9)17-7-3-4-13(17)18/h5-6,8,10H,3-4,7,15H2,1-2H3,(H,16,19)/t10-/m1/s1. The molecule has 2 rings (SSSR count). The van der Waals surface area contributed by atoms with Gasteiger partial charge in [0.1, 0.15) is 0 Å². The Bertz CT molecular complexity index is 511. The fraction of sp³-hybridized carbons (Fsp3) is 0.429. The van der Waals surface area contributed by atoms with Crippen LogP contribution in [0.1, 0.15) is 25.3 Å². The molecule has 0 radical (unpaired) electrons. The number of nitrogens with zero attached hydrogens (tertiary/aromatic N) is 1. The molecule has 19 heavy (non-hydrogen) atoms. The molecule has 0 unspecified atom stereocenters. The molecule has 3 N–H and O–H groups in total. The molecular weight excluding hydrogens is 242 g/mol. The van der Waals surface area contributed by atoms with Crippen LogP contribution in [0.4, 0.5) is 11.4 Å². The van der Waals surface area contributed by atoms with Crippen molar-refractivity contribution in [2.75, 3.05) is 16.8 Å². The largest absolute Gasteiger partial charge is 0.325 e. The first-order valence-corrected chi connectivity index (χ1v) is 6.46. The normalized spacial score (nSPS) is 16.6. The van der Waals surface area contributed by atoms with E-state index in [-0.39, 0.29) is 11.8 Å². The van der Waals surface area contributed by atoms with E-state index >= 15 is 0 Å². The van der Waals surface area contributed by atoms with Gasteiger partial charge in [-0.25, -0.2) is 0 Å². The Morgan fingerprint density at radius 2 is 2.21 bits per heavy atom. The highest BCUT2D eigenvalue weighted by Gasteiger charge is 2.23. The van der Waals surface area contributed by atoms with Crippen molar-refractivity contribution < 1.29 is 9.59 Å². The molecule has 0 saturated carbocycles. The first-order valence-electron chi connectivity index (χ1n) is 6.46. The minimum Gasteiger partial charge on any atom is -0.325 e. The molecule has 0 aromatic heterocycles. The van der Waals surface area contributed by atoms with Gasteiger partial charge in [-0.05, 0) is 44.0 Å². The van der Waals surface area contributed by atoms with E-state index in [1.165, 1.54) is 0 Å². The number of nitrogens with one attached hydrogen (secondary N) is 1. The van der Waals surface area contributed by atoms with Crippen LogP contribution in [0.5, 0.6) is 0 Å². The number of anilines is 2. The van der Waals surface area contributed by atoms with Crippen LogP contribution in [-0.4, -0.2) is 24.4 Å². The molecule has 5 nitrogen and oxygen atoms in total. The van der Waals surface area contributed by atoms with Crippen LogP contribution in [0.3, 0.4) is 0 Å². The third kappa shape index (κ3) is 2.93. The number of aryl methyl sites for hydroxylation is 1. The molecular formula is C14H19N3O2. The predicted octanol–water partition coefficient (Wildman–Crippen LogP) is 1.41. The molecule has 1 aliphatic rings. The Kier molecular flexibility index (Phi) is 3.85. The Morgan fingerprint density at radius 3 is 2.74 bits per heavy atom. The van der Waals surface area contributed by atoms with Gasteiger partial charge in [0.2, 0.25) is 11.8 Å². The Hall–Kier alpha value is -1.88. The monoisotopic (exact) mass is 261 g/mol. The van der Waals surface area contributed by atoms with Crippen molar-refractivity contribution in [2.45, 2.75) is 32.7 Å². The topological polar surface area (TPSA) is 75.4 Å². The molecule has 1 aromatic carbocycles. The van der Waals surface area contributed by atoms with Gasteiger partial charge in [-0.1, -0.05) is 0 Å². The summed E-state index contributed by atoms with van der Waals surface area (Å²) in [6, 6.07) is 4.99. The molecule has 0 spiro atoms. The minimum atomic E-state index is -0.542. The number of nitrogens with two attached hydrogens (primary N) is 1. The van der Waals surface area contributed by atoms with Gasteiger partial charge in [0, 0.05) is 24.3 Å². The number of rotatable bonds is 3. The van der Waals surface area contributed by atoms with E-state index in [0.717, 1.165) is 24.2 Å². The van der Waals surface area contributed by atoms with Gasteiger partial charge < -0.3 is 16.0 Å². The van der Waals surface area contributed by atoms with E-state index in [4.69, 9.17) is 5.73 Å². The lowest BCUT2D eigenvalue weighted by Crippen LogP contribution is -2.32. The molecule has 2 amide bonds. The number of carbonyl (C=O) groups is 2. The van der Waals surface area contributed by atoms with Crippen molar-refractivity contribution in [1.82, 2.24) is 0 Å². The van der Waals surface area contributed by atoms with Gasteiger partial charge in [0.15, 0.2) is 0 Å². The van der Waals surface area contributed by atoms with Gasteiger partial charge in [-0.15, -0.1) is 0 Å². The maximum Gasteiger partial charge on any atom is 0.240 e. The maximum atomic E-state index is 11.7. The van der Waals surface area contributed by atoms with Crippen LogP contribution < -0.4 is 16.0 Å². The van der Waals surface area contributed by atoms with Gasteiger partial charge in [-0.2, -0.15) is 0 Å². The molecule has 102 valence electrons. The molecule has 0 aliphatic carbocycles. The van der Waals surface area contributed by atoms with E-state index in [0.29, 0.717) is 12.1 Å². The zero-order valence-corrected chi connectivity index (χ0v) is 11.3. The van der Waals surface area contributed by atoms with E-state index in [1.54, 1.807) is 17.9 Å². The van der Waals surface area contributed by atoms with Crippen molar-refractivity contribution in [3.8, 4) is 0 Å². The molecule has 1 fully saturated rings. The molecule has 5 heteroatoms. The van der Waals surface area contributed by atoms with Gasteiger partial charge >= 0.3 is 0 Å². The van der Waals surface area contributed by atoms with Crippen molar-refractivity contribution in [2.24, 2.45) is 5.73 Å². The molecule has 1 atom stereocenters. The van der Waals surface area contributed by atoms with E-state index in [2.05, 4.69) is 5.32 Å². The fourth-order valence-electron chi connectivity index (χ4n) is 2.20. The highest BCUT2D eigenvalue weighted by atomic mass is 16.2. The summed E-state index contributed by atoms with van der Waals surface area (Å²) in [7, 11) is 0. The number of benzene rings is 1. The minimum absolute atomic E-state index is 0.162. The summed E-state index contributed by atoms with van der Waals surface area (Å²) in [5, 5.41) is 2.74. The summed E-state index contributed by atoms with van der Waals surface area (Å²) < 4.78 is 0. The van der Waals surface area contributed by atoms with Crippen molar-refractivity contribution in [3.05, 3.63) is 23.8 Å². The lowest BCUT2D eigenvalue weighted by molar-refractivity contribution is -0.117. The second-order valence-electron chi connectivity index (χ2n) is 4.93. The Balaban J connectivity index is 2.17. The van der Waals surface area contributed by atoms with E-state index < -0.39 is 6.04 Å². The molecule has 1 aliphatic heterocycles. The van der Waals surface area contributed by atoms with Gasteiger partial charge in [0.25, 0.3) is 0 Å². The first kappa shape index (κ1) is 13.5. The quantitative estimate of drug-likeness (QED) is 0.863. The molecule has 1 aromatic rings. The van der Waals surface area contributed by atoms with Crippen molar-refractivity contribution in [3.63, 3.8) is 0 Å². The molecule has 1 saturated heterocycles. The first-order chi connectivity index (χ1) is 8.99. The third-order valence-electron chi connectivity index (χ3n) is 3.24. The number of carbonyl (C=O) groups excluding carboxylic acids is 2. The fourth-order valence-corrected chi connectivity index (χ4v) is 2.20. The summed E-state index contributed by atoms with van der Waals surface area (Å²) >= 11 is 0. The maximum absolute atomic E-state index is 11.7. The van der Waals surface area contributed by atoms with Crippen LogP contribution in [-0.2, 0) is 9.59 Å². The summed E-state index contributed by atoms with van der Waals surface area (Å²) in [6.07, 6.45) is 1.52. The van der Waals surface area contributed by atoms with E-state index in [9.17, 15) is 9.59 Å². The van der Waals surface area contributed by atoms with Crippen LogP contribution in [0.2, 0.25) is 0 Å². The zero-order chi connectivity index (χ0) is 14.0. The summed E-state index contributed by atoms with van der Waals surface area (Å²) in [4.78, 5) is 25.0. The average Bonchev–Trinajstić information content (AvgIpc) is 2.75. The molecule has 0 bridgehead atoms. The van der Waals surface area contributed by atoms with Crippen molar-refractivity contribution in [1.29, 1.82) is 0 Å². The SMILES string of the molecule is Cc1cc(NC(=O)[C@@H](C)N)ccc1N1CCCC1=O. The van der Waals surface area contributed by atoms with E-state index in [1.807, 2.05) is 19.1 Å². The summed E-state index contributed by atoms with van der Waals surface area (Å²) in [5.74, 6) is -0.0557. The second kappa shape index (κ2) is 5.40. The number of hydrogen-bond acceptors (Lipinski definition) is 3. The predicted molar refractivity (Wildman–Crippen MR) is 75.0 cm³/mol. The van der Waals surface area contributed by atoms with Gasteiger partial charge in [-0.3, -0.25) is 9.59 Å². The Morgan fingerprint density at radius 1 is 1.47 bits per heavy atom. The smallest absolute Gasteiger partial charge is 0.240 e. The summed E-state index contributed by atoms with van der Waals surface area (Å²) in [5.41, 5.74) is 8.10. The summed E-state index contributed by atoms with van der Waals surface area (Å²) in [6.45, 7) is 4.34. The van der Waals surface area contributed by atoms with Crippen LogP contribution in [0, 0.1) is 6.92 Å². The number of amides is 2. The second-order valence-corrected chi connectivity index (χ2v) is 4.93. The zero-order valence-electron chi connectivity index (χ0n) is 11.3. The lowest BCUT2D eigenvalue weighted by Gasteiger charge is -2.19. The van der Waals surface area contributed by atoms with Gasteiger partial charge in [0.05, 0.1) is 6.04 Å². The Labute approximate surface area is 112 Å². The number of hydrogen-bond donors (Lipinski definition) is 2. The third-order valence-corrected chi connectivity index (χ3v) is 3.24. The van der Waals surface area contributed by atoms with Crippen LogP contribution in [0.15, 0.2) is 18.2 Å². The van der Waals surface area contributed by atoms with Crippen LogP contribution >= 0.6 is 0 Å². The molecule has 1 heterocycles.